The van der Waals surface area contributed by atoms with E-state index in [-0.39, 0.29) is 11.8 Å². The van der Waals surface area contributed by atoms with E-state index in [1.54, 1.807) is 11.3 Å². The quantitative estimate of drug-likeness (QED) is 0.582. The van der Waals surface area contributed by atoms with Gasteiger partial charge in [0.15, 0.2) is 4.96 Å². The molecule has 1 N–H and O–H groups in total. The Hall–Kier alpha value is -3.12. The third kappa shape index (κ3) is 3.08. The van der Waals surface area contributed by atoms with E-state index in [0.717, 1.165) is 33.2 Å². The van der Waals surface area contributed by atoms with Gasteiger partial charge in [-0.15, -0.1) is 11.3 Å². The van der Waals surface area contributed by atoms with E-state index in [2.05, 4.69) is 10.3 Å². The largest absolute Gasteiger partial charge is 0.492 e. The average Bonchev–Trinajstić information content (AvgIpc) is 3.30. The van der Waals surface area contributed by atoms with Crippen molar-refractivity contribution in [3.63, 3.8) is 0 Å². The summed E-state index contributed by atoms with van der Waals surface area (Å²) in [7, 11) is 0. The number of para-hydroxylation sites is 1. The summed E-state index contributed by atoms with van der Waals surface area (Å²) < 4.78 is 7.73. The number of nitrogens with zero attached hydrogens (tertiary/aromatic N) is 2. The smallest absolute Gasteiger partial charge is 0.231 e. The van der Waals surface area contributed by atoms with Gasteiger partial charge in [-0.25, -0.2) is 4.98 Å². The minimum Gasteiger partial charge on any atom is -0.492 e. The monoisotopic (exact) mass is 375 g/mol. The molecule has 1 amide bonds. The van der Waals surface area contributed by atoms with Crippen molar-refractivity contribution in [3.05, 3.63) is 71.9 Å². The van der Waals surface area contributed by atoms with E-state index in [4.69, 9.17) is 4.74 Å². The van der Waals surface area contributed by atoms with Gasteiger partial charge in [-0.2, -0.15) is 0 Å². The zero-order valence-corrected chi connectivity index (χ0v) is 15.3. The molecule has 0 saturated carbocycles. The van der Waals surface area contributed by atoms with E-state index >= 15 is 0 Å². The highest BCUT2D eigenvalue weighted by atomic mass is 32.1. The molecule has 0 spiro atoms. The van der Waals surface area contributed by atoms with Gasteiger partial charge < -0.3 is 10.1 Å². The van der Waals surface area contributed by atoms with Crippen LogP contribution in [0.2, 0.25) is 0 Å². The highest BCUT2D eigenvalue weighted by Gasteiger charge is 2.25. The molecule has 1 aliphatic rings. The van der Waals surface area contributed by atoms with E-state index in [1.165, 1.54) is 0 Å². The Bertz CT molecular complexity index is 1090. The molecule has 3 heterocycles. The van der Waals surface area contributed by atoms with Gasteiger partial charge in [-0.3, -0.25) is 9.20 Å². The van der Waals surface area contributed by atoms with Crippen LogP contribution in [0.25, 0.3) is 16.2 Å². The van der Waals surface area contributed by atoms with Crippen molar-refractivity contribution >= 4 is 27.9 Å². The fourth-order valence-corrected chi connectivity index (χ4v) is 4.03. The van der Waals surface area contributed by atoms with Crippen LogP contribution in [0.4, 0.5) is 5.69 Å². The van der Waals surface area contributed by atoms with Gasteiger partial charge in [-0.05, 0) is 30.2 Å². The third-order valence-corrected chi connectivity index (χ3v) is 5.56. The Morgan fingerprint density at radius 1 is 1.19 bits per heavy atom. The number of hydrogen-bond acceptors (Lipinski definition) is 4. The lowest BCUT2D eigenvalue weighted by molar-refractivity contribution is -0.121. The molecule has 0 fully saturated rings. The molecule has 0 bridgehead atoms. The molecule has 2 aromatic heterocycles. The molecular weight excluding hydrogens is 358 g/mol. The normalized spacial score (nSPS) is 15.9. The molecule has 27 heavy (non-hydrogen) atoms. The molecule has 0 aliphatic carbocycles. The van der Waals surface area contributed by atoms with Crippen molar-refractivity contribution in [2.24, 2.45) is 5.92 Å². The first-order chi connectivity index (χ1) is 13.3. The van der Waals surface area contributed by atoms with Crippen molar-refractivity contribution in [2.75, 3.05) is 11.9 Å². The number of ether oxygens (including phenoxy) is 1. The molecule has 1 aliphatic heterocycles. The number of carbonyl (C=O) groups excluding carboxylic acids is 1. The number of hydrogen-bond donors (Lipinski definition) is 1. The summed E-state index contributed by atoms with van der Waals surface area (Å²) in [6, 6.07) is 15.7. The van der Waals surface area contributed by atoms with E-state index < -0.39 is 0 Å². The molecule has 4 aromatic rings. The minimum absolute atomic E-state index is 0.0141. The van der Waals surface area contributed by atoms with Crippen LogP contribution in [0.3, 0.4) is 0 Å². The number of rotatable bonds is 3. The molecule has 0 radical (unpaired) electrons. The van der Waals surface area contributed by atoms with Crippen LogP contribution in [-0.4, -0.2) is 21.9 Å². The van der Waals surface area contributed by atoms with E-state index in [1.807, 2.05) is 70.7 Å². The first-order valence-corrected chi connectivity index (χ1v) is 9.68. The SMILES string of the molecule is O=C(Nc1ccc(-c2cn3ccsc3n2)cc1)[C@H]1COc2ccccc2C1. The summed E-state index contributed by atoms with van der Waals surface area (Å²) in [6.45, 7) is 0.409. The Morgan fingerprint density at radius 2 is 2.04 bits per heavy atom. The Labute approximate surface area is 160 Å². The number of aromatic nitrogens is 2. The number of nitrogens with one attached hydrogen (secondary N) is 1. The van der Waals surface area contributed by atoms with Gasteiger partial charge in [-0.1, -0.05) is 30.3 Å². The van der Waals surface area contributed by atoms with Gasteiger partial charge >= 0.3 is 0 Å². The minimum atomic E-state index is -0.181. The maximum absolute atomic E-state index is 12.6. The van der Waals surface area contributed by atoms with Gasteiger partial charge in [0.2, 0.25) is 5.91 Å². The zero-order chi connectivity index (χ0) is 18.2. The second kappa shape index (κ2) is 6.55. The number of carbonyl (C=O) groups is 1. The van der Waals surface area contributed by atoms with Crippen molar-refractivity contribution in [3.8, 4) is 17.0 Å². The number of imidazole rings is 1. The number of benzene rings is 2. The molecule has 5 nitrogen and oxygen atoms in total. The maximum Gasteiger partial charge on any atom is 0.231 e. The summed E-state index contributed by atoms with van der Waals surface area (Å²) in [6.07, 6.45) is 4.71. The topological polar surface area (TPSA) is 55.6 Å². The fourth-order valence-electron chi connectivity index (χ4n) is 3.33. The van der Waals surface area contributed by atoms with Crippen LogP contribution in [-0.2, 0) is 11.2 Å². The number of amides is 1. The lowest BCUT2D eigenvalue weighted by atomic mass is 9.96. The highest BCUT2D eigenvalue weighted by Crippen LogP contribution is 2.28. The predicted molar refractivity (Wildman–Crippen MR) is 106 cm³/mol. The first kappa shape index (κ1) is 16.1. The van der Waals surface area contributed by atoms with Gasteiger partial charge in [0, 0.05) is 29.0 Å². The van der Waals surface area contributed by atoms with Crippen LogP contribution < -0.4 is 10.1 Å². The summed E-state index contributed by atoms with van der Waals surface area (Å²) >= 11 is 1.61. The van der Waals surface area contributed by atoms with E-state index in [9.17, 15) is 4.79 Å². The van der Waals surface area contributed by atoms with Crippen molar-refractivity contribution in [2.45, 2.75) is 6.42 Å². The summed E-state index contributed by atoms with van der Waals surface area (Å²) in [5, 5.41) is 5.01. The molecule has 5 rings (SSSR count). The fraction of sp³-hybridized carbons (Fsp3) is 0.143. The summed E-state index contributed by atoms with van der Waals surface area (Å²) in [4.78, 5) is 18.2. The van der Waals surface area contributed by atoms with Crippen LogP contribution in [0.15, 0.2) is 66.3 Å². The van der Waals surface area contributed by atoms with Crippen LogP contribution in [0.1, 0.15) is 5.56 Å². The molecule has 2 aromatic carbocycles. The van der Waals surface area contributed by atoms with Gasteiger partial charge in [0.05, 0.1) is 11.6 Å². The third-order valence-electron chi connectivity index (χ3n) is 4.79. The summed E-state index contributed by atoms with van der Waals surface area (Å²) in [5.41, 5.74) is 3.82. The number of anilines is 1. The van der Waals surface area contributed by atoms with Gasteiger partial charge in [0.1, 0.15) is 12.4 Å². The van der Waals surface area contributed by atoms with E-state index in [0.29, 0.717) is 13.0 Å². The Morgan fingerprint density at radius 3 is 2.89 bits per heavy atom. The zero-order valence-electron chi connectivity index (χ0n) is 14.5. The van der Waals surface area contributed by atoms with Crippen LogP contribution >= 0.6 is 11.3 Å². The predicted octanol–water partition coefficient (Wildman–Crippen LogP) is 4.25. The highest BCUT2D eigenvalue weighted by molar-refractivity contribution is 7.15. The Kier molecular flexibility index (Phi) is 3.90. The molecule has 0 saturated heterocycles. The molecule has 1 atom stereocenters. The van der Waals surface area contributed by atoms with Crippen molar-refractivity contribution in [1.29, 1.82) is 0 Å². The number of fused-ring (bicyclic) bond motifs is 2. The van der Waals surface area contributed by atoms with Crippen LogP contribution in [0.5, 0.6) is 5.75 Å². The summed E-state index contributed by atoms with van der Waals surface area (Å²) in [5.74, 6) is 0.685. The molecule has 0 unspecified atom stereocenters. The second-order valence-corrected chi connectivity index (χ2v) is 7.48. The number of thiazole rings is 1. The lowest BCUT2D eigenvalue weighted by Crippen LogP contribution is -2.32. The molecular formula is C21H17N3O2S. The maximum atomic E-state index is 12.6. The van der Waals surface area contributed by atoms with Crippen molar-refractivity contribution in [1.82, 2.24) is 9.38 Å². The second-order valence-electron chi connectivity index (χ2n) is 6.61. The lowest BCUT2D eigenvalue weighted by Gasteiger charge is -2.24. The molecule has 134 valence electrons. The van der Waals surface area contributed by atoms with Gasteiger partial charge in [0.25, 0.3) is 0 Å². The molecule has 6 heteroatoms. The van der Waals surface area contributed by atoms with Crippen molar-refractivity contribution < 1.29 is 9.53 Å². The standard InChI is InChI=1S/C21H17N3O2S/c25-20(16-11-15-3-1-2-4-19(15)26-13-16)22-17-7-5-14(6-8-17)18-12-24-9-10-27-21(24)23-18/h1-10,12,16H,11,13H2,(H,22,25)/t16-/m1/s1. The first-order valence-electron chi connectivity index (χ1n) is 8.80. The van der Waals surface area contributed by atoms with Crippen LogP contribution in [0, 0.1) is 5.92 Å². The average molecular weight is 375 g/mol. The Balaban J connectivity index is 1.28.